The van der Waals surface area contributed by atoms with Gasteiger partial charge in [-0.3, -0.25) is 25.2 Å². The Bertz CT molecular complexity index is 837. The normalized spacial score (nSPS) is 14.0. The fraction of sp³-hybridized carbons (Fsp3) is 0.375. The third-order valence-electron chi connectivity index (χ3n) is 3.78. The Kier molecular flexibility index (Phi) is 3.85. The number of amides is 2. The summed E-state index contributed by atoms with van der Waals surface area (Å²) in [5.41, 5.74) is 4.66. The van der Waals surface area contributed by atoms with Crippen molar-refractivity contribution in [2.75, 3.05) is 0 Å². The smallest absolute Gasteiger partial charge is 0.273 e. The highest BCUT2D eigenvalue weighted by molar-refractivity contribution is 6.05. The van der Waals surface area contributed by atoms with Gasteiger partial charge in [0.15, 0.2) is 5.69 Å². The van der Waals surface area contributed by atoms with Crippen LogP contribution in [0.4, 0.5) is 0 Å². The maximum atomic E-state index is 12.4. The van der Waals surface area contributed by atoms with Crippen molar-refractivity contribution in [2.24, 2.45) is 5.92 Å². The van der Waals surface area contributed by atoms with E-state index in [2.05, 4.69) is 16.0 Å². The minimum absolute atomic E-state index is 0.00961. The van der Waals surface area contributed by atoms with E-state index < -0.39 is 5.91 Å². The number of carbonyl (C=O) groups excluding carboxylic acids is 2. The number of aromatic nitrogens is 2. The second-order valence-electron chi connectivity index (χ2n) is 5.96. The van der Waals surface area contributed by atoms with E-state index in [4.69, 9.17) is 0 Å². The molecule has 0 radical (unpaired) electrons. The number of hydrogen-bond acceptors (Lipinski definition) is 4. The van der Waals surface area contributed by atoms with Crippen molar-refractivity contribution < 1.29 is 9.59 Å². The van der Waals surface area contributed by atoms with Crippen LogP contribution in [0.3, 0.4) is 0 Å². The molecule has 1 aromatic heterocycles. The lowest BCUT2D eigenvalue weighted by Crippen LogP contribution is -2.43. The summed E-state index contributed by atoms with van der Waals surface area (Å²) in [6.07, 6.45) is 1.70. The monoisotopic (exact) mass is 314 g/mol. The van der Waals surface area contributed by atoms with Crippen molar-refractivity contribution in [2.45, 2.75) is 32.7 Å². The van der Waals surface area contributed by atoms with E-state index >= 15 is 0 Å². The molecule has 23 heavy (non-hydrogen) atoms. The fourth-order valence-corrected chi connectivity index (χ4v) is 2.35. The van der Waals surface area contributed by atoms with Gasteiger partial charge in [0.2, 0.25) is 5.91 Å². The quantitative estimate of drug-likeness (QED) is 0.831. The van der Waals surface area contributed by atoms with Crippen molar-refractivity contribution in [1.82, 2.24) is 20.6 Å². The summed E-state index contributed by atoms with van der Waals surface area (Å²) in [6, 6.07) is 6.64. The Hall–Kier alpha value is -2.70. The first-order chi connectivity index (χ1) is 11.0. The van der Waals surface area contributed by atoms with Gasteiger partial charge in [-0.2, -0.15) is 5.10 Å². The molecule has 2 aromatic rings. The van der Waals surface area contributed by atoms with Crippen molar-refractivity contribution in [3.63, 3.8) is 0 Å². The van der Waals surface area contributed by atoms with Crippen molar-refractivity contribution in [1.29, 1.82) is 0 Å². The summed E-state index contributed by atoms with van der Waals surface area (Å²) < 4.78 is 1.28. The van der Waals surface area contributed by atoms with Crippen LogP contribution in [-0.2, 0) is 4.79 Å². The topological polar surface area (TPSA) is 93.1 Å². The molecule has 7 heteroatoms. The largest absolute Gasteiger partial charge is 0.290 e. The molecular weight excluding hydrogens is 296 g/mol. The minimum Gasteiger partial charge on any atom is -0.273 e. The average molecular weight is 314 g/mol. The number of hydrogen-bond donors (Lipinski definition) is 2. The van der Waals surface area contributed by atoms with Gasteiger partial charge in [0, 0.05) is 11.3 Å². The van der Waals surface area contributed by atoms with E-state index in [1.165, 1.54) is 4.68 Å². The van der Waals surface area contributed by atoms with Gasteiger partial charge in [0.1, 0.15) is 0 Å². The first-order valence-corrected chi connectivity index (χ1v) is 7.61. The summed E-state index contributed by atoms with van der Waals surface area (Å²) in [5, 5.41) is 5.07. The Labute approximate surface area is 132 Å². The van der Waals surface area contributed by atoms with Gasteiger partial charge in [-0.05, 0) is 32.8 Å². The lowest BCUT2D eigenvalue weighted by Gasteiger charge is -2.13. The Balaban J connectivity index is 1.98. The van der Waals surface area contributed by atoms with Crippen LogP contribution in [-0.4, -0.2) is 21.6 Å². The molecule has 1 heterocycles. The second-order valence-corrected chi connectivity index (χ2v) is 5.96. The molecule has 0 saturated heterocycles. The molecule has 1 aromatic carbocycles. The maximum absolute atomic E-state index is 12.4. The highest BCUT2D eigenvalue weighted by Crippen LogP contribution is 2.28. The molecule has 0 unspecified atom stereocenters. The van der Waals surface area contributed by atoms with Crippen LogP contribution < -0.4 is 16.4 Å². The summed E-state index contributed by atoms with van der Waals surface area (Å²) in [7, 11) is 0. The molecule has 0 atom stereocenters. The van der Waals surface area contributed by atoms with Crippen LogP contribution in [0.1, 0.15) is 43.2 Å². The van der Waals surface area contributed by atoms with E-state index in [-0.39, 0.29) is 29.1 Å². The molecule has 1 saturated carbocycles. The minimum atomic E-state index is -0.537. The number of hydrazine groups is 1. The molecule has 0 bridgehead atoms. The number of rotatable bonds is 3. The molecule has 2 amide bonds. The molecule has 0 aliphatic heterocycles. The SMILES string of the molecule is CC(C)n1nc(C(=O)NNC(=O)C2CC2)c2ccccc2c1=O. The summed E-state index contributed by atoms with van der Waals surface area (Å²) in [6.45, 7) is 3.64. The number of nitrogens with one attached hydrogen (secondary N) is 2. The Morgan fingerprint density at radius 2 is 1.83 bits per heavy atom. The zero-order valence-electron chi connectivity index (χ0n) is 13.0. The van der Waals surface area contributed by atoms with Gasteiger partial charge in [-0.25, -0.2) is 4.68 Å². The lowest BCUT2D eigenvalue weighted by atomic mass is 10.1. The van der Waals surface area contributed by atoms with Crippen LogP contribution in [0.25, 0.3) is 10.8 Å². The molecule has 3 rings (SSSR count). The molecule has 120 valence electrons. The van der Waals surface area contributed by atoms with Crippen molar-refractivity contribution in [3.8, 4) is 0 Å². The van der Waals surface area contributed by atoms with Crippen LogP contribution in [0, 0.1) is 5.92 Å². The van der Waals surface area contributed by atoms with E-state index in [0.717, 1.165) is 12.8 Å². The number of benzene rings is 1. The summed E-state index contributed by atoms with van der Waals surface area (Å²) in [4.78, 5) is 36.4. The molecular formula is C16H18N4O3. The second kappa shape index (κ2) is 5.83. The third-order valence-corrected chi connectivity index (χ3v) is 3.78. The van der Waals surface area contributed by atoms with Crippen LogP contribution in [0.15, 0.2) is 29.1 Å². The Morgan fingerprint density at radius 3 is 2.43 bits per heavy atom. The van der Waals surface area contributed by atoms with Gasteiger partial charge < -0.3 is 0 Å². The highest BCUT2D eigenvalue weighted by Gasteiger charge is 2.30. The first-order valence-electron chi connectivity index (χ1n) is 7.61. The number of carbonyl (C=O) groups is 2. The molecule has 0 spiro atoms. The van der Waals surface area contributed by atoms with Crippen molar-refractivity contribution in [3.05, 3.63) is 40.3 Å². The van der Waals surface area contributed by atoms with Crippen LogP contribution >= 0.6 is 0 Å². The number of nitrogens with zero attached hydrogens (tertiary/aromatic N) is 2. The highest BCUT2D eigenvalue weighted by atomic mass is 16.2. The van der Waals surface area contributed by atoms with E-state index in [1.807, 2.05) is 13.8 Å². The predicted octanol–water partition coefficient (Wildman–Crippen LogP) is 1.15. The fourth-order valence-electron chi connectivity index (χ4n) is 2.35. The maximum Gasteiger partial charge on any atom is 0.290 e. The van der Waals surface area contributed by atoms with E-state index in [0.29, 0.717) is 10.8 Å². The molecule has 2 N–H and O–H groups in total. The summed E-state index contributed by atoms with van der Waals surface area (Å²) in [5.74, 6) is -0.742. The standard InChI is InChI=1S/C16H18N4O3/c1-9(2)20-16(23)12-6-4-3-5-11(12)13(19-20)15(22)18-17-14(21)10-7-8-10/h3-6,9-10H,7-8H2,1-2H3,(H,17,21)(H,18,22). The van der Waals surface area contributed by atoms with Gasteiger partial charge in [0.05, 0.1) is 11.4 Å². The Morgan fingerprint density at radius 1 is 1.17 bits per heavy atom. The van der Waals surface area contributed by atoms with E-state index in [9.17, 15) is 14.4 Å². The number of fused-ring (bicyclic) bond motifs is 1. The zero-order valence-corrected chi connectivity index (χ0v) is 13.0. The zero-order chi connectivity index (χ0) is 16.6. The van der Waals surface area contributed by atoms with E-state index in [1.54, 1.807) is 24.3 Å². The van der Waals surface area contributed by atoms with Gasteiger partial charge in [-0.15, -0.1) is 0 Å². The molecule has 1 aliphatic rings. The van der Waals surface area contributed by atoms with Gasteiger partial charge >= 0.3 is 0 Å². The van der Waals surface area contributed by atoms with Crippen LogP contribution in [0.2, 0.25) is 0 Å². The van der Waals surface area contributed by atoms with Gasteiger partial charge in [0.25, 0.3) is 11.5 Å². The van der Waals surface area contributed by atoms with Crippen LogP contribution in [0.5, 0.6) is 0 Å². The average Bonchev–Trinajstić information content (AvgIpc) is 3.37. The molecule has 1 fully saturated rings. The molecule has 7 nitrogen and oxygen atoms in total. The third kappa shape index (κ3) is 2.94. The molecule has 1 aliphatic carbocycles. The summed E-state index contributed by atoms with van der Waals surface area (Å²) >= 11 is 0. The predicted molar refractivity (Wildman–Crippen MR) is 84.7 cm³/mol. The van der Waals surface area contributed by atoms with Gasteiger partial charge in [-0.1, -0.05) is 18.2 Å². The van der Waals surface area contributed by atoms with Crippen molar-refractivity contribution >= 4 is 22.6 Å². The first kappa shape index (κ1) is 15.2. The lowest BCUT2D eigenvalue weighted by molar-refractivity contribution is -0.123.